The Labute approximate surface area is 108 Å². The second-order valence-electron chi connectivity index (χ2n) is 5.35. The largest absolute Gasteiger partial charge is 0.385 e. The zero-order chi connectivity index (χ0) is 13.0. The van der Waals surface area contributed by atoms with Crippen molar-refractivity contribution in [2.24, 2.45) is 5.92 Å². The summed E-state index contributed by atoms with van der Waals surface area (Å²) in [7, 11) is 1.71. The Balaban J connectivity index is 2.07. The minimum atomic E-state index is 0.0203. The molecule has 1 aromatic heterocycles. The Morgan fingerprint density at radius 3 is 2.94 bits per heavy atom. The van der Waals surface area contributed by atoms with Gasteiger partial charge in [0.25, 0.3) is 0 Å². The van der Waals surface area contributed by atoms with Gasteiger partial charge >= 0.3 is 0 Å². The lowest BCUT2D eigenvalue weighted by atomic mass is 9.76. The molecule has 0 amide bonds. The SMILES string of the molecule is COCCCc1noc(C2(C(C)C)CCNC2)n1. The topological polar surface area (TPSA) is 60.2 Å². The van der Waals surface area contributed by atoms with Crippen molar-refractivity contribution in [2.45, 2.75) is 38.5 Å². The second kappa shape index (κ2) is 5.80. The predicted octanol–water partition coefficient (Wildman–Crippen LogP) is 1.54. The van der Waals surface area contributed by atoms with Gasteiger partial charge in [-0.2, -0.15) is 4.98 Å². The molecule has 0 aliphatic carbocycles. The minimum absolute atomic E-state index is 0.0203. The summed E-state index contributed by atoms with van der Waals surface area (Å²) in [5.74, 6) is 2.10. The number of aromatic nitrogens is 2. The maximum Gasteiger partial charge on any atom is 0.234 e. The molecule has 1 unspecified atom stereocenters. The maximum atomic E-state index is 5.50. The molecule has 1 aromatic rings. The predicted molar refractivity (Wildman–Crippen MR) is 68.5 cm³/mol. The van der Waals surface area contributed by atoms with Gasteiger partial charge in [0.1, 0.15) is 0 Å². The number of nitrogens with one attached hydrogen (secondary N) is 1. The van der Waals surface area contributed by atoms with Crippen LogP contribution < -0.4 is 5.32 Å². The van der Waals surface area contributed by atoms with Crippen LogP contribution in [-0.2, 0) is 16.6 Å². The Hall–Kier alpha value is -0.940. The van der Waals surface area contributed by atoms with Crippen LogP contribution >= 0.6 is 0 Å². The van der Waals surface area contributed by atoms with Crippen molar-refractivity contribution in [2.75, 3.05) is 26.8 Å². The molecule has 1 saturated heterocycles. The van der Waals surface area contributed by atoms with Crippen LogP contribution in [0.4, 0.5) is 0 Å². The van der Waals surface area contributed by atoms with Crippen molar-refractivity contribution in [3.8, 4) is 0 Å². The van der Waals surface area contributed by atoms with Gasteiger partial charge in [-0.1, -0.05) is 19.0 Å². The van der Waals surface area contributed by atoms with Crippen molar-refractivity contribution < 1.29 is 9.26 Å². The number of aryl methyl sites for hydroxylation is 1. The molecule has 1 fully saturated rings. The Kier molecular flexibility index (Phi) is 4.35. The highest BCUT2D eigenvalue weighted by atomic mass is 16.5. The van der Waals surface area contributed by atoms with Gasteiger partial charge in [0.05, 0.1) is 5.41 Å². The van der Waals surface area contributed by atoms with E-state index in [1.807, 2.05) is 0 Å². The first-order valence-electron chi connectivity index (χ1n) is 6.72. The zero-order valence-corrected chi connectivity index (χ0v) is 11.5. The van der Waals surface area contributed by atoms with E-state index in [2.05, 4.69) is 29.3 Å². The highest BCUT2D eigenvalue weighted by Gasteiger charge is 2.43. The van der Waals surface area contributed by atoms with Gasteiger partial charge in [0.2, 0.25) is 5.89 Å². The molecule has 5 nitrogen and oxygen atoms in total. The van der Waals surface area contributed by atoms with Crippen molar-refractivity contribution in [1.82, 2.24) is 15.5 Å². The first-order chi connectivity index (χ1) is 8.69. The number of rotatable bonds is 6. The first kappa shape index (κ1) is 13.5. The molecular weight excluding hydrogens is 230 g/mol. The van der Waals surface area contributed by atoms with Crippen LogP contribution in [0.2, 0.25) is 0 Å². The highest BCUT2D eigenvalue weighted by molar-refractivity contribution is 5.11. The Bertz CT molecular complexity index is 370. The molecule has 2 rings (SSSR count). The summed E-state index contributed by atoms with van der Waals surface area (Å²) >= 11 is 0. The molecule has 102 valence electrons. The van der Waals surface area contributed by atoms with Crippen LogP contribution in [0.15, 0.2) is 4.52 Å². The lowest BCUT2D eigenvalue weighted by Crippen LogP contribution is -2.35. The molecule has 5 heteroatoms. The fourth-order valence-corrected chi connectivity index (χ4v) is 2.57. The van der Waals surface area contributed by atoms with Gasteiger partial charge < -0.3 is 14.6 Å². The third-order valence-corrected chi connectivity index (χ3v) is 3.94. The lowest BCUT2D eigenvalue weighted by molar-refractivity contribution is 0.194. The third kappa shape index (κ3) is 2.57. The highest BCUT2D eigenvalue weighted by Crippen LogP contribution is 2.36. The van der Waals surface area contributed by atoms with Crippen molar-refractivity contribution in [3.63, 3.8) is 0 Å². The average molecular weight is 253 g/mol. The van der Waals surface area contributed by atoms with E-state index >= 15 is 0 Å². The summed E-state index contributed by atoms with van der Waals surface area (Å²) in [5, 5.41) is 7.50. The van der Waals surface area contributed by atoms with Crippen LogP contribution in [-0.4, -0.2) is 36.9 Å². The third-order valence-electron chi connectivity index (χ3n) is 3.94. The standard InChI is InChI=1S/C13H23N3O2/c1-10(2)13(6-7-14-9-13)12-15-11(16-18-12)5-4-8-17-3/h10,14H,4-9H2,1-3H3. The van der Waals surface area contributed by atoms with Gasteiger partial charge in [-0.3, -0.25) is 0 Å². The van der Waals surface area contributed by atoms with Gasteiger partial charge in [-0.05, 0) is 25.3 Å². The van der Waals surface area contributed by atoms with E-state index in [-0.39, 0.29) is 5.41 Å². The number of hydrogen-bond donors (Lipinski definition) is 1. The monoisotopic (exact) mass is 253 g/mol. The van der Waals surface area contributed by atoms with Gasteiger partial charge in [-0.25, -0.2) is 0 Å². The smallest absolute Gasteiger partial charge is 0.234 e. The summed E-state index contributed by atoms with van der Waals surface area (Å²) in [6.07, 6.45) is 2.83. The minimum Gasteiger partial charge on any atom is -0.385 e. The van der Waals surface area contributed by atoms with E-state index < -0.39 is 0 Å². The molecule has 0 bridgehead atoms. The van der Waals surface area contributed by atoms with E-state index in [1.54, 1.807) is 7.11 Å². The Morgan fingerprint density at radius 1 is 1.50 bits per heavy atom. The van der Waals surface area contributed by atoms with Crippen molar-refractivity contribution >= 4 is 0 Å². The lowest BCUT2D eigenvalue weighted by Gasteiger charge is -2.28. The molecule has 1 aliphatic heterocycles. The van der Waals surface area contributed by atoms with E-state index in [1.165, 1.54) is 0 Å². The molecule has 0 saturated carbocycles. The van der Waals surface area contributed by atoms with Gasteiger partial charge in [0, 0.05) is 26.7 Å². The quantitative estimate of drug-likeness (QED) is 0.779. The number of ether oxygens (including phenoxy) is 1. The summed E-state index contributed by atoms with van der Waals surface area (Å²) in [6, 6.07) is 0. The summed E-state index contributed by atoms with van der Waals surface area (Å²) < 4.78 is 10.5. The Morgan fingerprint density at radius 2 is 2.33 bits per heavy atom. The van der Waals surface area contributed by atoms with Crippen LogP contribution in [0, 0.1) is 5.92 Å². The van der Waals surface area contributed by atoms with E-state index in [9.17, 15) is 0 Å². The number of hydrogen-bond acceptors (Lipinski definition) is 5. The van der Waals surface area contributed by atoms with Gasteiger partial charge in [-0.15, -0.1) is 0 Å². The maximum absolute atomic E-state index is 5.50. The van der Waals surface area contributed by atoms with E-state index in [4.69, 9.17) is 9.26 Å². The second-order valence-corrected chi connectivity index (χ2v) is 5.35. The van der Waals surface area contributed by atoms with Crippen LogP contribution in [0.5, 0.6) is 0 Å². The molecule has 1 aliphatic rings. The molecule has 2 heterocycles. The fourth-order valence-electron chi connectivity index (χ4n) is 2.57. The van der Waals surface area contributed by atoms with Crippen LogP contribution in [0.1, 0.15) is 38.4 Å². The van der Waals surface area contributed by atoms with E-state index in [0.29, 0.717) is 5.92 Å². The summed E-state index contributed by atoms with van der Waals surface area (Å²) in [4.78, 5) is 4.58. The van der Waals surface area contributed by atoms with Crippen molar-refractivity contribution in [1.29, 1.82) is 0 Å². The van der Waals surface area contributed by atoms with E-state index in [0.717, 1.165) is 50.7 Å². The molecule has 1 N–H and O–H groups in total. The van der Waals surface area contributed by atoms with Gasteiger partial charge in [0.15, 0.2) is 5.82 Å². The molecule has 0 aromatic carbocycles. The number of nitrogens with zero attached hydrogens (tertiary/aromatic N) is 2. The van der Waals surface area contributed by atoms with Crippen molar-refractivity contribution in [3.05, 3.63) is 11.7 Å². The fraction of sp³-hybridized carbons (Fsp3) is 0.846. The first-order valence-corrected chi connectivity index (χ1v) is 6.72. The average Bonchev–Trinajstić information content (AvgIpc) is 2.98. The van der Waals surface area contributed by atoms with Crippen LogP contribution in [0.3, 0.4) is 0 Å². The summed E-state index contributed by atoms with van der Waals surface area (Å²) in [6.45, 7) is 7.15. The molecule has 1 atom stereocenters. The molecule has 0 spiro atoms. The molecule has 0 radical (unpaired) electrons. The number of methoxy groups -OCH3 is 1. The molecular formula is C13H23N3O2. The molecule has 18 heavy (non-hydrogen) atoms. The van der Waals surface area contributed by atoms with Crippen LogP contribution in [0.25, 0.3) is 0 Å². The normalized spacial score (nSPS) is 24.0. The summed E-state index contributed by atoms with van der Waals surface area (Å²) in [5.41, 5.74) is 0.0203. The zero-order valence-electron chi connectivity index (χ0n) is 11.5.